The number of nitrogens with zero attached hydrogens (tertiary/aromatic N) is 3. The minimum Gasteiger partial charge on any atom is -0.356 e. The number of thioether (sulfide) groups is 1. The summed E-state index contributed by atoms with van der Waals surface area (Å²) in [7, 11) is 1.96. The van der Waals surface area contributed by atoms with Crippen LogP contribution in [0.2, 0.25) is 0 Å². The number of anilines is 1. The molecule has 0 bridgehead atoms. The molecule has 1 aliphatic rings. The minimum atomic E-state index is -0.465. The summed E-state index contributed by atoms with van der Waals surface area (Å²) < 4.78 is 12.8. The van der Waals surface area contributed by atoms with Crippen LogP contribution in [0.25, 0.3) is 0 Å². The topological polar surface area (TPSA) is 29.0 Å². The first-order chi connectivity index (χ1) is 6.77. The molecule has 1 fully saturated rings. The van der Waals surface area contributed by atoms with Gasteiger partial charge in [-0.1, -0.05) is 0 Å². The summed E-state index contributed by atoms with van der Waals surface area (Å²) in [6, 6.07) is 1.86. The van der Waals surface area contributed by atoms with Gasteiger partial charge in [-0.2, -0.15) is 16.2 Å². The SMILES string of the molecule is CN(c1cc(F)ncn1)C1CCSC1. The Morgan fingerprint density at radius 2 is 2.43 bits per heavy atom. The van der Waals surface area contributed by atoms with Gasteiger partial charge in [-0.15, -0.1) is 0 Å². The number of rotatable bonds is 2. The molecule has 3 nitrogen and oxygen atoms in total. The second-order valence-corrected chi connectivity index (χ2v) is 4.48. The Morgan fingerprint density at radius 1 is 1.57 bits per heavy atom. The summed E-state index contributed by atoms with van der Waals surface area (Å²) in [5, 5.41) is 0. The maximum absolute atomic E-state index is 12.8. The molecule has 0 aliphatic carbocycles. The van der Waals surface area contributed by atoms with Crippen LogP contribution in [-0.4, -0.2) is 34.6 Å². The fraction of sp³-hybridized carbons (Fsp3) is 0.556. The lowest BCUT2D eigenvalue weighted by Gasteiger charge is -2.24. The lowest BCUT2D eigenvalue weighted by Crippen LogP contribution is -2.32. The van der Waals surface area contributed by atoms with Crippen LogP contribution in [0.3, 0.4) is 0 Å². The molecule has 0 aromatic carbocycles. The van der Waals surface area contributed by atoms with Crippen LogP contribution in [0.4, 0.5) is 10.2 Å². The van der Waals surface area contributed by atoms with E-state index in [9.17, 15) is 4.39 Å². The van der Waals surface area contributed by atoms with Crippen LogP contribution < -0.4 is 4.90 Å². The number of hydrogen-bond acceptors (Lipinski definition) is 4. The van der Waals surface area contributed by atoms with Gasteiger partial charge < -0.3 is 4.90 Å². The summed E-state index contributed by atoms with van der Waals surface area (Å²) in [4.78, 5) is 9.52. The van der Waals surface area contributed by atoms with Crippen LogP contribution >= 0.6 is 11.8 Å². The van der Waals surface area contributed by atoms with Crippen LogP contribution in [-0.2, 0) is 0 Å². The number of hydrogen-bond donors (Lipinski definition) is 0. The van der Waals surface area contributed by atoms with Gasteiger partial charge in [0.25, 0.3) is 0 Å². The van der Waals surface area contributed by atoms with Crippen LogP contribution in [0.15, 0.2) is 12.4 Å². The smallest absolute Gasteiger partial charge is 0.218 e. The summed E-state index contributed by atoms with van der Waals surface area (Å²) in [6.45, 7) is 0. The third-order valence-electron chi connectivity index (χ3n) is 2.43. The van der Waals surface area contributed by atoms with Gasteiger partial charge in [-0.25, -0.2) is 9.97 Å². The van der Waals surface area contributed by atoms with Crippen molar-refractivity contribution in [1.29, 1.82) is 0 Å². The highest BCUT2D eigenvalue weighted by Gasteiger charge is 2.21. The van der Waals surface area contributed by atoms with E-state index in [4.69, 9.17) is 0 Å². The van der Waals surface area contributed by atoms with E-state index in [1.807, 2.05) is 23.7 Å². The van der Waals surface area contributed by atoms with Crippen molar-refractivity contribution in [1.82, 2.24) is 9.97 Å². The molecule has 0 saturated carbocycles. The monoisotopic (exact) mass is 213 g/mol. The average Bonchev–Trinajstić information content (AvgIpc) is 2.69. The highest BCUT2D eigenvalue weighted by molar-refractivity contribution is 7.99. The summed E-state index contributed by atoms with van der Waals surface area (Å²) in [6.07, 6.45) is 2.41. The molecule has 14 heavy (non-hydrogen) atoms. The Hall–Kier alpha value is -0.840. The van der Waals surface area contributed by atoms with Crippen LogP contribution in [0.5, 0.6) is 0 Å². The largest absolute Gasteiger partial charge is 0.356 e. The van der Waals surface area contributed by atoms with Gasteiger partial charge >= 0.3 is 0 Å². The quantitative estimate of drug-likeness (QED) is 0.697. The van der Waals surface area contributed by atoms with Crippen molar-refractivity contribution < 1.29 is 4.39 Å². The standard InChI is InChI=1S/C9H12FN3S/c1-13(7-2-3-14-5-7)9-4-8(10)11-6-12-9/h4,6-7H,2-3,5H2,1H3. The Labute approximate surface area is 86.7 Å². The van der Waals surface area contributed by atoms with Gasteiger partial charge in [-0.05, 0) is 12.2 Å². The van der Waals surface area contributed by atoms with E-state index in [-0.39, 0.29) is 0 Å². The predicted octanol–water partition coefficient (Wildman–Crippen LogP) is 1.56. The second kappa shape index (κ2) is 4.13. The first kappa shape index (κ1) is 9.71. The van der Waals surface area contributed by atoms with Crippen LogP contribution in [0.1, 0.15) is 6.42 Å². The minimum absolute atomic E-state index is 0.465. The highest BCUT2D eigenvalue weighted by Crippen LogP contribution is 2.24. The summed E-state index contributed by atoms with van der Waals surface area (Å²) in [5.74, 6) is 2.49. The highest BCUT2D eigenvalue weighted by atomic mass is 32.2. The van der Waals surface area contributed by atoms with Gasteiger partial charge in [0.05, 0.1) is 0 Å². The summed E-state index contributed by atoms with van der Waals surface area (Å²) in [5.41, 5.74) is 0. The van der Waals surface area contributed by atoms with Gasteiger partial charge in [-0.3, -0.25) is 0 Å². The molecule has 1 saturated heterocycles. The number of aromatic nitrogens is 2. The zero-order chi connectivity index (χ0) is 9.97. The molecule has 1 aromatic rings. The van der Waals surface area contributed by atoms with Gasteiger partial charge in [0.1, 0.15) is 12.1 Å². The first-order valence-corrected chi connectivity index (χ1v) is 5.71. The zero-order valence-electron chi connectivity index (χ0n) is 7.98. The van der Waals surface area contributed by atoms with Crippen molar-refractivity contribution in [3.05, 3.63) is 18.3 Å². The van der Waals surface area contributed by atoms with Gasteiger partial charge in [0.15, 0.2) is 0 Å². The lowest BCUT2D eigenvalue weighted by molar-refractivity contribution is 0.576. The lowest BCUT2D eigenvalue weighted by atomic mass is 10.2. The second-order valence-electron chi connectivity index (χ2n) is 3.33. The molecule has 0 spiro atoms. The van der Waals surface area contributed by atoms with Crippen molar-refractivity contribution in [2.45, 2.75) is 12.5 Å². The molecule has 5 heteroatoms. The average molecular weight is 213 g/mol. The van der Waals surface area contributed by atoms with E-state index in [1.54, 1.807) is 0 Å². The fourth-order valence-electron chi connectivity index (χ4n) is 1.53. The van der Waals surface area contributed by atoms with Crippen molar-refractivity contribution >= 4 is 17.6 Å². The van der Waals surface area contributed by atoms with Crippen molar-refractivity contribution in [2.24, 2.45) is 0 Å². The Kier molecular flexibility index (Phi) is 2.86. The fourth-order valence-corrected chi connectivity index (χ4v) is 2.80. The van der Waals surface area contributed by atoms with E-state index in [0.717, 1.165) is 12.2 Å². The third kappa shape index (κ3) is 1.97. The van der Waals surface area contributed by atoms with Crippen molar-refractivity contribution in [3.8, 4) is 0 Å². The third-order valence-corrected chi connectivity index (χ3v) is 3.58. The van der Waals surface area contributed by atoms with E-state index in [1.165, 1.54) is 18.1 Å². The maximum Gasteiger partial charge on any atom is 0.218 e. The maximum atomic E-state index is 12.8. The van der Waals surface area contributed by atoms with Gasteiger partial charge in [0, 0.05) is 24.9 Å². The van der Waals surface area contributed by atoms with E-state index < -0.39 is 5.95 Å². The molecular formula is C9H12FN3S. The van der Waals surface area contributed by atoms with E-state index in [2.05, 4.69) is 9.97 Å². The predicted molar refractivity (Wildman–Crippen MR) is 56.1 cm³/mol. The molecule has 1 aromatic heterocycles. The Balaban J connectivity index is 2.13. The molecule has 2 heterocycles. The van der Waals surface area contributed by atoms with Crippen molar-refractivity contribution in [3.63, 3.8) is 0 Å². The molecular weight excluding hydrogens is 201 g/mol. The molecule has 0 N–H and O–H groups in total. The molecule has 1 unspecified atom stereocenters. The molecule has 1 aliphatic heterocycles. The normalized spacial score (nSPS) is 21.1. The van der Waals surface area contributed by atoms with E-state index >= 15 is 0 Å². The molecule has 0 amide bonds. The Morgan fingerprint density at radius 3 is 3.07 bits per heavy atom. The molecule has 0 radical (unpaired) electrons. The van der Waals surface area contributed by atoms with Gasteiger partial charge in [0.2, 0.25) is 5.95 Å². The van der Waals surface area contributed by atoms with Crippen molar-refractivity contribution in [2.75, 3.05) is 23.5 Å². The summed E-state index contributed by atoms with van der Waals surface area (Å²) >= 11 is 1.93. The molecule has 76 valence electrons. The first-order valence-electron chi connectivity index (χ1n) is 4.55. The number of halogens is 1. The molecule has 2 rings (SSSR count). The van der Waals surface area contributed by atoms with Crippen LogP contribution in [0, 0.1) is 5.95 Å². The van der Waals surface area contributed by atoms with E-state index in [0.29, 0.717) is 11.9 Å². The molecule has 1 atom stereocenters. The zero-order valence-corrected chi connectivity index (χ0v) is 8.80. The Bertz CT molecular complexity index is 315.